The largest absolute Gasteiger partial charge is 0.417 e. The molecule has 0 bridgehead atoms. The van der Waals surface area contributed by atoms with Gasteiger partial charge in [-0.05, 0) is 40.8 Å². The second kappa shape index (κ2) is 3.65. The summed E-state index contributed by atoms with van der Waals surface area (Å²) in [5, 5.41) is 0. The number of aldehydes is 1. The average Bonchev–Trinajstić information content (AvgIpc) is 2.01. The summed E-state index contributed by atoms with van der Waals surface area (Å²) in [7, 11) is 0. The standard InChI is InChI=1S/C8H4F3IO/c9-8(10,11)7-2-1-6(12)3-5(7)4-13/h1-4H. The van der Waals surface area contributed by atoms with Crippen molar-refractivity contribution in [3.8, 4) is 0 Å². The van der Waals surface area contributed by atoms with Gasteiger partial charge < -0.3 is 0 Å². The lowest BCUT2D eigenvalue weighted by molar-refractivity contribution is -0.137. The van der Waals surface area contributed by atoms with Gasteiger partial charge in [-0.25, -0.2) is 0 Å². The SMILES string of the molecule is O=Cc1cc(I)ccc1C(F)(F)F. The Labute approximate surface area is 86.1 Å². The first-order valence-electron chi connectivity index (χ1n) is 3.27. The maximum absolute atomic E-state index is 12.2. The smallest absolute Gasteiger partial charge is 0.298 e. The molecule has 0 saturated carbocycles. The minimum atomic E-state index is -4.46. The van der Waals surface area contributed by atoms with Crippen molar-refractivity contribution in [2.45, 2.75) is 6.18 Å². The van der Waals surface area contributed by atoms with Crippen LogP contribution in [-0.2, 0) is 6.18 Å². The number of benzene rings is 1. The van der Waals surface area contributed by atoms with Gasteiger partial charge >= 0.3 is 6.18 Å². The highest BCUT2D eigenvalue weighted by Crippen LogP contribution is 2.31. The highest BCUT2D eigenvalue weighted by molar-refractivity contribution is 14.1. The second-order valence-corrected chi connectivity index (χ2v) is 3.59. The third kappa shape index (κ3) is 2.43. The molecular formula is C8H4F3IO. The fourth-order valence-electron chi connectivity index (χ4n) is 0.889. The molecule has 0 atom stereocenters. The molecule has 0 aliphatic heterocycles. The fraction of sp³-hybridized carbons (Fsp3) is 0.125. The number of rotatable bonds is 1. The van der Waals surface area contributed by atoms with E-state index in [1.54, 1.807) is 0 Å². The van der Waals surface area contributed by atoms with Crippen molar-refractivity contribution in [3.63, 3.8) is 0 Å². The summed E-state index contributed by atoms with van der Waals surface area (Å²) in [4.78, 5) is 10.3. The minimum Gasteiger partial charge on any atom is -0.298 e. The van der Waals surface area contributed by atoms with Gasteiger partial charge in [-0.1, -0.05) is 0 Å². The molecule has 1 nitrogen and oxygen atoms in total. The zero-order valence-corrected chi connectivity index (χ0v) is 8.39. The van der Waals surface area contributed by atoms with Gasteiger partial charge in [-0.15, -0.1) is 0 Å². The lowest BCUT2D eigenvalue weighted by Crippen LogP contribution is -2.08. The number of carbonyl (C=O) groups is 1. The van der Waals surface area contributed by atoms with Gasteiger partial charge in [0.1, 0.15) is 0 Å². The Bertz CT molecular complexity index is 333. The second-order valence-electron chi connectivity index (χ2n) is 2.35. The van der Waals surface area contributed by atoms with Gasteiger partial charge in [0, 0.05) is 9.13 Å². The molecule has 70 valence electrons. The molecule has 1 aromatic carbocycles. The molecule has 0 radical (unpaired) electrons. The first-order valence-corrected chi connectivity index (χ1v) is 4.35. The van der Waals surface area contributed by atoms with E-state index < -0.39 is 11.7 Å². The highest BCUT2D eigenvalue weighted by Gasteiger charge is 2.33. The van der Waals surface area contributed by atoms with Crippen molar-refractivity contribution < 1.29 is 18.0 Å². The molecule has 5 heteroatoms. The van der Waals surface area contributed by atoms with Crippen molar-refractivity contribution in [3.05, 3.63) is 32.9 Å². The van der Waals surface area contributed by atoms with Crippen molar-refractivity contribution >= 4 is 28.9 Å². The summed E-state index contributed by atoms with van der Waals surface area (Å²) < 4.78 is 37.2. The van der Waals surface area contributed by atoms with E-state index in [1.807, 2.05) is 22.6 Å². The Morgan fingerprint density at radius 3 is 2.38 bits per heavy atom. The summed E-state index contributed by atoms with van der Waals surface area (Å²) in [6.07, 6.45) is -4.24. The van der Waals surface area contributed by atoms with Crippen molar-refractivity contribution in [1.82, 2.24) is 0 Å². The van der Waals surface area contributed by atoms with Crippen LogP contribution in [0.3, 0.4) is 0 Å². The predicted octanol–water partition coefficient (Wildman–Crippen LogP) is 3.12. The van der Waals surface area contributed by atoms with E-state index in [-0.39, 0.29) is 11.8 Å². The molecule has 0 spiro atoms. The number of halogens is 4. The van der Waals surface area contributed by atoms with Crippen molar-refractivity contribution in [2.24, 2.45) is 0 Å². The molecule has 0 fully saturated rings. The van der Waals surface area contributed by atoms with Gasteiger partial charge in [-0.2, -0.15) is 13.2 Å². The zero-order valence-electron chi connectivity index (χ0n) is 6.23. The van der Waals surface area contributed by atoms with Crippen LogP contribution >= 0.6 is 22.6 Å². The third-order valence-corrected chi connectivity index (χ3v) is 2.12. The van der Waals surface area contributed by atoms with Crippen LogP contribution in [0.5, 0.6) is 0 Å². The van der Waals surface area contributed by atoms with Gasteiger partial charge in [0.25, 0.3) is 0 Å². The molecule has 0 aliphatic carbocycles. The van der Waals surface area contributed by atoms with Crippen LogP contribution in [0.4, 0.5) is 13.2 Å². The number of alkyl halides is 3. The molecular weight excluding hydrogens is 296 g/mol. The van der Waals surface area contributed by atoms with Crippen LogP contribution in [0.15, 0.2) is 18.2 Å². The Morgan fingerprint density at radius 2 is 1.92 bits per heavy atom. The molecule has 0 aromatic heterocycles. The van der Waals surface area contributed by atoms with Crippen LogP contribution in [0.2, 0.25) is 0 Å². The minimum absolute atomic E-state index is 0.213. The average molecular weight is 300 g/mol. The Hall–Kier alpha value is -0.590. The van der Waals surface area contributed by atoms with E-state index in [0.717, 1.165) is 6.07 Å². The molecule has 0 aliphatic rings. The van der Waals surface area contributed by atoms with E-state index in [9.17, 15) is 18.0 Å². The van der Waals surface area contributed by atoms with Gasteiger partial charge in [0.2, 0.25) is 0 Å². The third-order valence-electron chi connectivity index (χ3n) is 1.45. The molecule has 0 saturated heterocycles. The first kappa shape index (κ1) is 10.5. The Kier molecular flexibility index (Phi) is 2.94. The van der Waals surface area contributed by atoms with Crippen LogP contribution in [0, 0.1) is 3.57 Å². The molecule has 13 heavy (non-hydrogen) atoms. The molecule has 0 heterocycles. The van der Waals surface area contributed by atoms with Crippen molar-refractivity contribution in [1.29, 1.82) is 0 Å². The summed E-state index contributed by atoms with van der Waals surface area (Å²) in [6.45, 7) is 0. The summed E-state index contributed by atoms with van der Waals surface area (Å²) in [6, 6.07) is 3.43. The van der Waals surface area contributed by atoms with Gasteiger partial charge in [-0.3, -0.25) is 4.79 Å². The van der Waals surface area contributed by atoms with Crippen molar-refractivity contribution in [2.75, 3.05) is 0 Å². The zero-order chi connectivity index (χ0) is 10.1. The molecule has 1 aromatic rings. The Morgan fingerprint density at radius 1 is 1.31 bits per heavy atom. The van der Waals surface area contributed by atoms with Crippen LogP contribution < -0.4 is 0 Å². The topological polar surface area (TPSA) is 17.1 Å². The van der Waals surface area contributed by atoms with Gasteiger partial charge in [0.05, 0.1) is 5.56 Å². The maximum atomic E-state index is 12.2. The maximum Gasteiger partial charge on any atom is 0.417 e. The van der Waals surface area contributed by atoms with Crippen LogP contribution in [0.25, 0.3) is 0 Å². The summed E-state index contributed by atoms with van der Waals surface area (Å²) in [5.41, 5.74) is -1.21. The van der Waals surface area contributed by atoms with Crippen LogP contribution in [0.1, 0.15) is 15.9 Å². The molecule has 0 amide bonds. The van der Waals surface area contributed by atoms with E-state index in [1.165, 1.54) is 12.1 Å². The molecule has 0 unspecified atom stereocenters. The van der Waals surface area contributed by atoms with E-state index in [2.05, 4.69) is 0 Å². The van der Waals surface area contributed by atoms with Crippen LogP contribution in [-0.4, -0.2) is 6.29 Å². The van der Waals surface area contributed by atoms with Gasteiger partial charge in [0.15, 0.2) is 6.29 Å². The monoisotopic (exact) mass is 300 g/mol. The van der Waals surface area contributed by atoms with E-state index >= 15 is 0 Å². The first-order chi connectivity index (χ1) is 5.95. The molecule has 1 rings (SSSR count). The fourth-order valence-corrected chi connectivity index (χ4v) is 1.40. The lowest BCUT2D eigenvalue weighted by Gasteiger charge is -2.08. The number of hydrogen-bond donors (Lipinski definition) is 0. The normalized spacial score (nSPS) is 11.4. The predicted molar refractivity (Wildman–Crippen MR) is 49.5 cm³/mol. The quantitative estimate of drug-likeness (QED) is 0.575. The summed E-state index contributed by atoms with van der Waals surface area (Å²) in [5.74, 6) is 0. The highest BCUT2D eigenvalue weighted by atomic mass is 127. The van der Waals surface area contributed by atoms with E-state index in [4.69, 9.17) is 0 Å². The van der Waals surface area contributed by atoms with E-state index in [0.29, 0.717) is 3.57 Å². The number of carbonyl (C=O) groups excluding carboxylic acids is 1. The lowest BCUT2D eigenvalue weighted by atomic mass is 10.1. The Balaban J connectivity index is 3.29. The summed E-state index contributed by atoms with van der Waals surface area (Å²) >= 11 is 1.85. The molecule has 0 N–H and O–H groups in total. The number of hydrogen-bond acceptors (Lipinski definition) is 1.